The van der Waals surface area contributed by atoms with Crippen molar-refractivity contribution in [1.29, 1.82) is 0 Å². The fourth-order valence-electron chi connectivity index (χ4n) is 2.25. The Morgan fingerprint density at radius 2 is 2.23 bits per heavy atom. The molecule has 1 atom stereocenters. The van der Waals surface area contributed by atoms with E-state index in [0.717, 1.165) is 19.4 Å². The molecule has 1 aliphatic heterocycles. The second-order valence-corrected chi connectivity index (χ2v) is 4.75. The van der Waals surface area contributed by atoms with E-state index in [1.54, 1.807) is 0 Å². The highest BCUT2D eigenvalue weighted by Crippen LogP contribution is 2.29. The number of alkyl halides is 2. The summed E-state index contributed by atoms with van der Waals surface area (Å²) in [5.41, 5.74) is 0.254. The highest BCUT2D eigenvalue weighted by atomic mass is 35.5. The third kappa shape index (κ3) is 4.99. The van der Waals surface area contributed by atoms with Crippen LogP contribution in [0.3, 0.4) is 0 Å². The Balaban J connectivity index is 0.00000242. The molecule has 1 saturated heterocycles. The van der Waals surface area contributed by atoms with E-state index in [1.807, 2.05) is 0 Å². The molecule has 2 N–H and O–H groups in total. The lowest BCUT2D eigenvalue weighted by molar-refractivity contribution is -0.0512. The molecule has 1 aromatic rings. The molecule has 5 nitrogen and oxygen atoms in total. The highest BCUT2D eigenvalue weighted by Gasteiger charge is 2.17. The number of hydrogen-bond donors (Lipinski definition) is 2. The van der Waals surface area contributed by atoms with Gasteiger partial charge in [-0.05, 0) is 37.6 Å². The van der Waals surface area contributed by atoms with Crippen LogP contribution in [0.5, 0.6) is 11.5 Å². The number of halogens is 3. The number of ether oxygens (including phenoxy) is 2. The van der Waals surface area contributed by atoms with E-state index < -0.39 is 6.61 Å². The number of benzene rings is 1. The van der Waals surface area contributed by atoms with Gasteiger partial charge in [0.1, 0.15) is 0 Å². The monoisotopic (exact) mass is 336 g/mol. The fourth-order valence-corrected chi connectivity index (χ4v) is 2.25. The number of carbonyl (C=O) groups is 1. The van der Waals surface area contributed by atoms with Crippen LogP contribution < -0.4 is 20.1 Å². The van der Waals surface area contributed by atoms with E-state index in [2.05, 4.69) is 15.4 Å². The van der Waals surface area contributed by atoms with Crippen molar-refractivity contribution in [3.63, 3.8) is 0 Å². The highest BCUT2D eigenvalue weighted by molar-refractivity contribution is 5.94. The Bertz CT molecular complexity index is 497. The van der Waals surface area contributed by atoms with Crippen molar-refractivity contribution in [3.8, 4) is 11.5 Å². The van der Waals surface area contributed by atoms with Gasteiger partial charge in [0.2, 0.25) is 0 Å². The molecule has 1 fully saturated rings. The van der Waals surface area contributed by atoms with Gasteiger partial charge >= 0.3 is 6.61 Å². The largest absolute Gasteiger partial charge is 0.493 e. The first-order valence-corrected chi connectivity index (χ1v) is 6.74. The third-order valence-corrected chi connectivity index (χ3v) is 3.31. The average molecular weight is 337 g/mol. The molecule has 1 aromatic carbocycles. The molecule has 0 spiro atoms. The number of methoxy groups -OCH3 is 1. The number of rotatable bonds is 6. The summed E-state index contributed by atoms with van der Waals surface area (Å²) in [6, 6.07) is 4.46. The minimum Gasteiger partial charge on any atom is -0.493 e. The molecule has 2 rings (SSSR count). The lowest BCUT2D eigenvalue weighted by atomic mass is 10.1. The summed E-state index contributed by atoms with van der Waals surface area (Å²) in [5.74, 6) is -0.325. The van der Waals surface area contributed by atoms with Gasteiger partial charge in [-0.15, -0.1) is 12.4 Å². The zero-order valence-electron chi connectivity index (χ0n) is 12.1. The second-order valence-electron chi connectivity index (χ2n) is 4.75. The van der Waals surface area contributed by atoms with Gasteiger partial charge in [-0.3, -0.25) is 4.79 Å². The molecule has 1 amide bonds. The van der Waals surface area contributed by atoms with Gasteiger partial charge in [0.25, 0.3) is 5.91 Å². The molecule has 0 aliphatic carbocycles. The van der Waals surface area contributed by atoms with Crippen LogP contribution in [0, 0.1) is 0 Å². The van der Waals surface area contributed by atoms with E-state index in [4.69, 9.17) is 4.74 Å². The first-order chi connectivity index (χ1) is 10.1. The maximum absolute atomic E-state index is 12.3. The van der Waals surface area contributed by atoms with E-state index in [0.29, 0.717) is 6.54 Å². The van der Waals surface area contributed by atoms with Gasteiger partial charge in [-0.1, -0.05) is 0 Å². The zero-order valence-corrected chi connectivity index (χ0v) is 12.9. The molecule has 1 heterocycles. The van der Waals surface area contributed by atoms with Crippen molar-refractivity contribution in [2.75, 3.05) is 20.2 Å². The van der Waals surface area contributed by atoms with E-state index in [9.17, 15) is 13.6 Å². The summed E-state index contributed by atoms with van der Waals surface area (Å²) in [6.07, 6.45) is 2.11. The molecule has 8 heteroatoms. The van der Waals surface area contributed by atoms with Gasteiger partial charge in [-0.25, -0.2) is 0 Å². The molecule has 0 bridgehead atoms. The number of amides is 1. The molecule has 124 valence electrons. The van der Waals surface area contributed by atoms with Gasteiger partial charge in [-0.2, -0.15) is 8.78 Å². The Morgan fingerprint density at radius 3 is 2.82 bits per heavy atom. The first kappa shape index (κ1) is 18.4. The van der Waals surface area contributed by atoms with E-state index in [1.165, 1.54) is 25.3 Å². The smallest absolute Gasteiger partial charge is 0.387 e. The number of hydrogen-bond acceptors (Lipinski definition) is 4. The molecule has 1 aliphatic rings. The van der Waals surface area contributed by atoms with Crippen LogP contribution in [0.2, 0.25) is 0 Å². The normalized spacial score (nSPS) is 17.0. The van der Waals surface area contributed by atoms with Crippen LogP contribution in [0.1, 0.15) is 23.2 Å². The molecule has 0 aromatic heterocycles. The summed E-state index contributed by atoms with van der Waals surface area (Å²) in [7, 11) is 1.35. The number of carbonyl (C=O) groups excluding carboxylic acids is 1. The van der Waals surface area contributed by atoms with Gasteiger partial charge < -0.3 is 20.1 Å². The van der Waals surface area contributed by atoms with Crippen molar-refractivity contribution in [2.24, 2.45) is 0 Å². The van der Waals surface area contributed by atoms with Gasteiger partial charge in [0.15, 0.2) is 11.5 Å². The first-order valence-electron chi connectivity index (χ1n) is 6.74. The molecular weight excluding hydrogens is 318 g/mol. The van der Waals surface area contributed by atoms with Crippen LogP contribution in [0.25, 0.3) is 0 Å². The van der Waals surface area contributed by atoms with Gasteiger partial charge in [0.05, 0.1) is 7.11 Å². The third-order valence-electron chi connectivity index (χ3n) is 3.31. The van der Waals surface area contributed by atoms with Crippen molar-refractivity contribution in [2.45, 2.75) is 25.5 Å². The molecule has 0 radical (unpaired) electrons. The second kappa shape index (κ2) is 8.75. The van der Waals surface area contributed by atoms with Crippen molar-refractivity contribution in [3.05, 3.63) is 23.8 Å². The van der Waals surface area contributed by atoms with Crippen LogP contribution in [0.15, 0.2) is 18.2 Å². The predicted octanol–water partition coefficient (Wildman–Crippen LogP) is 2.20. The Hall–Kier alpha value is -1.60. The standard InChI is InChI=1S/C14H18F2N2O3.ClH/c1-20-11-5-4-9(7-12(11)21-14(15)16)13(19)18-8-10-3-2-6-17-10;/h4-5,7,10,14,17H,2-3,6,8H2,1H3,(H,18,19);1H. The SMILES string of the molecule is COc1ccc(C(=O)NCC2CCCN2)cc1OC(F)F.Cl. The minimum atomic E-state index is -2.97. The summed E-state index contributed by atoms with van der Waals surface area (Å²) in [5, 5.41) is 6.03. The van der Waals surface area contributed by atoms with Gasteiger partial charge in [0, 0.05) is 18.2 Å². The topological polar surface area (TPSA) is 59.6 Å². The van der Waals surface area contributed by atoms with Crippen LogP contribution in [0.4, 0.5) is 8.78 Å². The average Bonchev–Trinajstić information content (AvgIpc) is 2.97. The maximum atomic E-state index is 12.3. The Labute approximate surface area is 133 Å². The molecular formula is C14H19ClF2N2O3. The summed E-state index contributed by atoms with van der Waals surface area (Å²) in [6.45, 7) is -1.51. The quantitative estimate of drug-likeness (QED) is 0.836. The van der Waals surface area contributed by atoms with Crippen LogP contribution >= 0.6 is 12.4 Å². The minimum absolute atomic E-state index is 0. The zero-order chi connectivity index (χ0) is 15.2. The predicted molar refractivity (Wildman–Crippen MR) is 80.2 cm³/mol. The van der Waals surface area contributed by atoms with Crippen LogP contribution in [-0.2, 0) is 0 Å². The van der Waals surface area contributed by atoms with E-state index >= 15 is 0 Å². The lowest BCUT2D eigenvalue weighted by Crippen LogP contribution is -2.37. The van der Waals surface area contributed by atoms with E-state index in [-0.39, 0.29) is 41.4 Å². The summed E-state index contributed by atoms with van der Waals surface area (Å²) in [4.78, 5) is 12.0. The fraction of sp³-hybridized carbons (Fsp3) is 0.500. The van der Waals surface area contributed by atoms with Crippen molar-refractivity contribution >= 4 is 18.3 Å². The van der Waals surface area contributed by atoms with Crippen LogP contribution in [-0.4, -0.2) is 38.8 Å². The van der Waals surface area contributed by atoms with Crippen molar-refractivity contribution < 1.29 is 23.0 Å². The summed E-state index contributed by atoms with van der Waals surface area (Å²) >= 11 is 0. The van der Waals surface area contributed by atoms with Crippen molar-refractivity contribution in [1.82, 2.24) is 10.6 Å². The maximum Gasteiger partial charge on any atom is 0.387 e. The molecule has 0 saturated carbocycles. The number of nitrogens with one attached hydrogen (secondary N) is 2. The Kier molecular flexibility index (Phi) is 7.34. The summed E-state index contributed by atoms with van der Waals surface area (Å²) < 4.78 is 33.9. The molecule has 1 unspecified atom stereocenters. The lowest BCUT2D eigenvalue weighted by Gasteiger charge is -2.13. The molecule has 22 heavy (non-hydrogen) atoms. The Morgan fingerprint density at radius 1 is 1.45 bits per heavy atom.